The Morgan fingerprint density at radius 1 is 1.56 bits per heavy atom. The summed E-state index contributed by atoms with van der Waals surface area (Å²) in [5.41, 5.74) is 6.14. The number of amidine groups is 1. The minimum absolute atomic E-state index is 0.0204. The number of aromatic nitrogens is 4. The number of nitrogens with zero attached hydrogens (tertiary/aromatic N) is 4. The van der Waals surface area contributed by atoms with Gasteiger partial charge in [-0.2, -0.15) is 5.10 Å². The number of rotatable bonds is 3. The molecule has 0 aromatic carbocycles. The largest absolute Gasteiger partial charge is 0.384 e. The van der Waals surface area contributed by atoms with Gasteiger partial charge in [0.05, 0.1) is 0 Å². The Morgan fingerprint density at radius 2 is 2.38 bits per heavy atom. The highest BCUT2D eigenvalue weighted by Crippen LogP contribution is 2.27. The highest BCUT2D eigenvalue weighted by molar-refractivity contribution is 7.99. The average Bonchev–Trinajstić information content (AvgIpc) is 2.65. The number of nitrogen functional groups attached to an aromatic ring is 1. The predicted octanol–water partition coefficient (Wildman–Crippen LogP) is 0.645. The number of hydrogen-bond acceptors (Lipinski definition) is 5. The van der Waals surface area contributed by atoms with Crippen molar-refractivity contribution < 1.29 is 0 Å². The van der Waals surface area contributed by atoms with Gasteiger partial charge in [-0.3, -0.25) is 10.4 Å². The molecule has 2 rings (SSSR count). The second kappa shape index (κ2) is 4.31. The molecule has 3 N–H and O–H groups in total. The van der Waals surface area contributed by atoms with Gasteiger partial charge >= 0.3 is 0 Å². The highest BCUT2D eigenvalue weighted by Gasteiger charge is 2.09. The molecule has 0 saturated carbocycles. The first-order valence-corrected chi connectivity index (χ1v) is 5.30. The van der Waals surface area contributed by atoms with Gasteiger partial charge in [-0.15, -0.1) is 0 Å². The maximum atomic E-state index is 7.45. The van der Waals surface area contributed by atoms with Crippen molar-refractivity contribution >= 4 is 17.6 Å². The monoisotopic (exact) mass is 234 g/mol. The number of hydrogen-bond donors (Lipinski definition) is 2. The highest BCUT2D eigenvalue weighted by atomic mass is 32.2. The molecular weight excluding hydrogens is 224 g/mol. The molecule has 0 aliphatic heterocycles. The summed E-state index contributed by atoms with van der Waals surface area (Å²) < 4.78 is 1.65. The molecule has 2 aromatic heterocycles. The van der Waals surface area contributed by atoms with Crippen molar-refractivity contribution in [2.75, 3.05) is 0 Å². The van der Waals surface area contributed by atoms with E-state index in [4.69, 9.17) is 11.1 Å². The molecule has 0 bridgehead atoms. The molecule has 0 unspecified atom stereocenters. The normalized spacial score (nSPS) is 10.3. The number of pyridine rings is 1. The Balaban J connectivity index is 2.35. The molecule has 0 saturated heterocycles. The molecule has 0 radical (unpaired) electrons. The van der Waals surface area contributed by atoms with Crippen LogP contribution in [-0.2, 0) is 7.05 Å². The topological polar surface area (TPSA) is 93.5 Å². The standard InChI is InChI=1S/C9H10N6S/c1-15-9(13-5-14-15)16-7-4-12-3-2-6(7)8(10)11/h2-5H,1H3,(H3,10,11). The van der Waals surface area contributed by atoms with E-state index in [0.29, 0.717) is 5.56 Å². The van der Waals surface area contributed by atoms with Crippen LogP contribution >= 0.6 is 11.8 Å². The minimum Gasteiger partial charge on any atom is -0.384 e. The van der Waals surface area contributed by atoms with Gasteiger partial charge in [0.15, 0.2) is 5.16 Å². The molecule has 2 aromatic rings. The Labute approximate surface area is 96.4 Å². The summed E-state index contributed by atoms with van der Waals surface area (Å²) in [6.07, 6.45) is 4.75. The Morgan fingerprint density at radius 3 is 3.00 bits per heavy atom. The summed E-state index contributed by atoms with van der Waals surface area (Å²) in [5, 5.41) is 12.2. The van der Waals surface area contributed by atoms with E-state index in [-0.39, 0.29) is 5.84 Å². The Hall–Kier alpha value is -1.89. The van der Waals surface area contributed by atoms with Crippen LogP contribution in [0.4, 0.5) is 0 Å². The van der Waals surface area contributed by atoms with Crippen LogP contribution in [-0.4, -0.2) is 25.6 Å². The van der Waals surface area contributed by atoms with E-state index < -0.39 is 0 Å². The molecule has 2 heterocycles. The fourth-order valence-corrected chi connectivity index (χ4v) is 2.04. The van der Waals surface area contributed by atoms with Gasteiger partial charge in [-0.1, -0.05) is 0 Å². The fraction of sp³-hybridized carbons (Fsp3) is 0.111. The van der Waals surface area contributed by atoms with Crippen LogP contribution in [0.3, 0.4) is 0 Å². The lowest BCUT2D eigenvalue weighted by Gasteiger charge is -2.05. The molecule has 6 nitrogen and oxygen atoms in total. The van der Waals surface area contributed by atoms with Crippen LogP contribution in [0.25, 0.3) is 0 Å². The van der Waals surface area contributed by atoms with E-state index in [0.717, 1.165) is 10.1 Å². The van der Waals surface area contributed by atoms with Gasteiger partial charge in [-0.25, -0.2) is 9.67 Å². The van der Waals surface area contributed by atoms with E-state index in [1.807, 2.05) is 0 Å². The van der Waals surface area contributed by atoms with E-state index >= 15 is 0 Å². The van der Waals surface area contributed by atoms with Crippen LogP contribution in [0.2, 0.25) is 0 Å². The molecule has 0 spiro atoms. The summed E-state index contributed by atoms with van der Waals surface area (Å²) >= 11 is 1.38. The zero-order valence-corrected chi connectivity index (χ0v) is 9.40. The van der Waals surface area contributed by atoms with Gasteiger partial charge in [-0.05, 0) is 17.8 Å². The van der Waals surface area contributed by atoms with Gasteiger partial charge in [0, 0.05) is 29.9 Å². The van der Waals surface area contributed by atoms with Crippen molar-refractivity contribution in [2.45, 2.75) is 10.1 Å². The van der Waals surface area contributed by atoms with E-state index in [1.54, 1.807) is 30.2 Å². The van der Waals surface area contributed by atoms with E-state index in [9.17, 15) is 0 Å². The SMILES string of the molecule is Cn1ncnc1Sc1cnccc1C(=N)N. The lowest BCUT2D eigenvalue weighted by molar-refractivity contribution is 0.685. The van der Waals surface area contributed by atoms with E-state index in [1.165, 1.54) is 18.1 Å². The first-order chi connectivity index (χ1) is 7.68. The molecule has 0 aliphatic rings. The van der Waals surface area contributed by atoms with Crippen LogP contribution in [0, 0.1) is 5.41 Å². The maximum absolute atomic E-state index is 7.45. The minimum atomic E-state index is 0.0204. The van der Waals surface area contributed by atoms with Crippen molar-refractivity contribution in [1.82, 2.24) is 19.7 Å². The van der Waals surface area contributed by atoms with Gasteiger partial charge < -0.3 is 5.73 Å². The number of aryl methyl sites for hydroxylation is 1. The number of nitrogens with one attached hydrogen (secondary N) is 1. The van der Waals surface area contributed by atoms with Crippen molar-refractivity contribution in [1.29, 1.82) is 5.41 Å². The molecule has 0 atom stereocenters. The predicted molar refractivity (Wildman–Crippen MR) is 60.4 cm³/mol. The summed E-state index contributed by atoms with van der Waals surface area (Å²) in [5.74, 6) is 0.0204. The lowest BCUT2D eigenvalue weighted by Crippen LogP contribution is -2.12. The second-order valence-electron chi connectivity index (χ2n) is 3.05. The third-order valence-corrected chi connectivity index (χ3v) is 3.04. The van der Waals surface area contributed by atoms with Crippen molar-refractivity contribution in [2.24, 2.45) is 12.8 Å². The maximum Gasteiger partial charge on any atom is 0.190 e. The smallest absolute Gasteiger partial charge is 0.190 e. The third kappa shape index (κ3) is 2.03. The molecule has 16 heavy (non-hydrogen) atoms. The second-order valence-corrected chi connectivity index (χ2v) is 4.06. The van der Waals surface area contributed by atoms with Crippen molar-refractivity contribution in [3.05, 3.63) is 30.4 Å². The number of nitrogens with two attached hydrogens (primary N) is 1. The van der Waals surface area contributed by atoms with E-state index in [2.05, 4.69) is 15.1 Å². The van der Waals surface area contributed by atoms with Gasteiger partial charge in [0.1, 0.15) is 12.2 Å². The van der Waals surface area contributed by atoms with Gasteiger partial charge in [0.25, 0.3) is 0 Å². The molecular formula is C9H10N6S. The van der Waals surface area contributed by atoms with Crippen LogP contribution in [0.15, 0.2) is 34.8 Å². The summed E-state index contributed by atoms with van der Waals surface area (Å²) in [6.45, 7) is 0. The first-order valence-electron chi connectivity index (χ1n) is 4.48. The zero-order chi connectivity index (χ0) is 11.5. The van der Waals surface area contributed by atoms with Crippen LogP contribution < -0.4 is 5.73 Å². The molecule has 0 amide bonds. The van der Waals surface area contributed by atoms with Crippen LogP contribution in [0.1, 0.15) is 5.56 Å². The molecule has 82 valence electrons. The molecule has 0 fully saturated rings. The molecule has 0 aliphatic carbocycles. The third-order valence-electron chi connectivity index (χ3n) is 1.95. The first kappa shape index (κ1) is 10.6. The quantitative estimate of drug-likeness (QED) is 0.600. The van der Waals surface area contributed by atoms with Crippen LogP contribution in [0.5, 0.6) is 0 Å². The van der Waals surface area contributed by atoms with Crippen molar-refractivity contribution in [3.8, 4) is 0 Å². The Kier molecular flexibility index (Phi) is 2.86. The van der Waals surface area contributed by atoms with Crippen molar-refractivity contribution in [3.63, 3.8) is 0 Å². The zero-order valence-electron chi connectivity index (χ0n) is 8.58. The average molecular weight is 234 g/mol. The fourth-order valence-electron chi connectivity index (χ4n) is 1.16. The lowest BCUT2D eigenvalue weighted by atomic mass is 10.2. The van der Waals surface area contributed by atoms with Gasteiger partial charge in [0.2, 0.25) is 0 Å². The summed E-state index contributed by atoms with van der Waals surface area (Å²) in [6, 6.07) is 1.71. The molecule has 7 heteroatoms. The summed E-state index contributed by atoms with van der Waals surface area (Å²) in [7, 11) is 1.80. The Bertz CT molecular complexity index is 520. The summed E-state index contributed by atoms with van der Waals surface area (Å²) in [4.78, 5) is 8.89.